The van der Waals surface area contributed by atoms with E-state index >= 15 is 0 Å². The lowest BCUT2D eigenvalue weighted by molar-refractivity contribution is 0.0722. The Bertz CT molecular complexity index is 831. The maximum Gasteiger partial charge on any atom is 0.407 e. The van der Waals surface area contributed by atoms with Gasteiger partial charge in [-0.05, 0) is 57.0 Å². The molecule has 0 aromatic heterocycles. The highest BCUT2D eigenvalue weighted by atomic mass is 35.5. The summed E-state index contributed by atoms with van der Waals surface area (Å²) in [4.78, 5) is 26.4. The Balaban J connectivity index is 2.02. The van der Waals surface area contributed by atoms with Crippen LogP contribution in [0.5, 0.6) is 5.75 Å². The lowest BCUT2D eigenvalue weighted by Gasteiger charge is -2.24. The third-order valence-corrected chi connectivity index (χ3v) is 4.24. The fourth-order valence-corrected chi connectivity index (χ4v) is 2.78. The van der Waals surface area contributed by atoms with Crippen LogP contribution in [0.2, 0.25) is 5.02 Å². The Morgan fingerprint density at radius 1 is 1.10 bits per heavy atom. The molecule has 2 N–H and O–H groups in total. The molecule has 0 aliphatic rings. The van der Waals surface area contributed by atoms with E-state index in [2.05, 4.69) is 5.32 Å². The quantitative estimate of drug-likeness (QED) is 0.644. The average Bonchev–Trinajstić information content (AvgIpc) is 2.64. The summed E-state index contributed by atoms with van der Waals surface area (Å²) in [7, 11) is 0. The molecular weight excluding hydrogens is 392 g/mol. The summed E-state index contributed by atoms with van der Waals surface area (Å²) in [5.41, 5.74) is 0.760. The standard InChI is InChI=1S/C22H27ClN2O4/c1-22(2,3)24-21(28)29-14-6-13-25(15-16-9-11-17(23)12-10-16)20(27)18-7-4-5-8-19(18)26/h4-5,7-12,26H,6,13-15H2,1-3H3,(H,24,28). The number of hydrogen-bond acceptors (Lipinski definition) is 4. The molecule has 0 unspecified atom stereocenters. The second-order valence-corrected chi connectivity index (χ2v) is 8.17. The van der Waals surface area contributed by atoms with Gasteiger partial charge in [0.25, 0.3) is 5.91 Å². The number of para-hydroxylation sites is 1. The van der Waals surface area contributed by atoms with E-state index in [1.807, 2.05) is 32.9 Å². The first-order valence-electron chi connectivity index (χ1n) is 9.42. The molecule has 7 heteroatoms. The molecule has 156 valence electrons. The minimum absolute atomic E-state index is 0.0700. The van der Waals surface area contributed by atoms with Gasteiger partial charge in [0.1, 0.15) is 5.75 Å². The zero-order valence-corrected chi connectivity index (χ0v) is 17.7. The van der Waals surface area contributed by atoms with E-state index in [-0.39, 0.29) is 29.4 Å². The summed E-state index contributed by atoms with van der Waals surface area (Å²) >= 11 is 5.94. The number of amides is 2. The van der Waals surface area contributed by atoms with Crippen LogP contribution in [0.25, 0.3) is 0 Å². The number of benzene rings is 2. The number of halogens is 1. The van der Waals surface area contributed by atoms with Crippen LogP contribution in [0.15, 0.2) is 48.5 Å². The summed E-state index contributed by atoms with van der Waals surface area (Å²) < 4.78 is 5.19. The highest BCUT2D eigenvalue weighted by molar-refractivity contribution is 6.30. The lowest BCUT2D eigenvalue weighted by Crippen LogP contribution is -2.41. The molecule has 2 aromatic carbocycles. The van der Waals surface area contributed by atoms with Gasteiger partial charge < -0.3 is 20.1 Å². The fourth-order valence-electron chi connectivity index (χ4n) is 2.65. The van der Waals surface area contributed by atoms with Gasteiger partial charge in [0, 0.05) is 23.7 Å². The number of nitrogens with zero attached hydrogens (tertiary/aromatic N) is 1. The predicted octanol–water partition coefficient (Wildman–Crippen LogP) is 4.60. The van der Waals surface area contributed by atoms with Gasteiger partial charge in [0.2, 0.25) is 0 Å². The molecule has 0 atom stereocenters. The number of carbonyl (C=O) groups excluding carboxylic acids is 2. The van der Waals surface area contributed by atoms with E-state index in [4.69, 9.17) is 16.3 Å². The largest absolute Gasteiger partial charge is 0.507 e. The van der Waals surface area contributed by atoms with Gasteiger partial charge in [0.15, 0.2) is 0 Å². The number of rotatable bonds is 7. The van der Waals surface area contributed by atoms with Gasteiger partial charge in [-0.25, -0.2) is 4.79 Å². The molecule has 29 heavy (non-hydrogen) atoms. The Morgan fingerprint density at radius 3 is 2.38 bits per heavy atom. The number of phenols is 1. The number of carbonyl (C=O) groups is 2. The lowest BCUT2D eigenvalue weighted by atomic mass is 10.1. The van der Waals surface area contributed by atoms with Crippen LogP contribution in [0.1, 0.15) is 43.1 Å². The first kappa shape index (κ1) is 22.6. The Hall–Kier alpha value is -2.73. The van der Waals surface area contributed by atoms with Gasteiger partial charge in [-0.2, -0.15) is 0 Å². The average molecular weight is 419 g/mol. The number of alkyl carbamates (subject to hydrolysis) is 1. The zero-order chi connectivity index (χ0) is 21.4. The van der Waals surface area contributed by atoms with Crippen LogP contribution in [0, 0.1) is 0 Å². The second kappa shape index (κ2) is 10.2. The molecule has 0 saturated carbocycles. The van der Waals surface area contributed by atoms with Crippen molar-refractivity contribution in [2.75, 3.05) is 13.2 Å². The van der Waals surface area contributed by atoms with Crippen LogP contribution in [0.3, 0.4) is 0 Å². The molecule has 0 heterocycles. The number of phenolic OH excluding ortho intramolecular Hbond substituents is 1. The van der Waals surface area contributed by atoms with Crippen molar-refractivity contribution in [3.8, 4) is 5.75 Å². The molecule has 0 bridgehead atoms. The number of hydrogen-bond donors (Lipinski definition) is 2. The van der Waals surface area contributed by atoms with Gasteiger partial charge in [-0.15, -0.1) is 0 Å². The SMILES string of the molecule is CC(C)(C)NC(=O)OCCCN(Cc1ccc(Cl)cc1)C(=O)c1ccccc1O. The van der Waals surface area contributed by atoms with Crippen molar-refractivity contribution in [2.45, 2.75) is 39.3 Å². The monoisotopic (exact) mass is 418 g/mol. The smallest absolute Gasteiger partial charge is 0.407 e. The maximum absolute atomic E-state index is 13.0. The van der Waals surface area contributed by atoms with E-state index in [1.54, 1.807) is 35.2 Å². The van der Waals surface area contributed by atoms with E-state index < -0.39 is 6.09 Å². The van der Waals surface area contributed by atoms with Crippen LogP contribution >= 0.6 is 11.6 Å². The summed E-state index contributed by atoms with van der Waals surface area (Å²) in [6, 6.07) is 13.7. The van der Waals surface area contributed by atoms with Gasteiger partial charge in [-0.1, -0.05) is 35.9 Å². The molecular formula is C22H27ClN2O4. The molecule has 6 nitrogen and oxygen atoms in total. The summed E-state index contributed by atoms with van der Waals surface area (Å²) in [5, 5.41) is 13.4. The van der Waals surface area contributed by atoms with Crippen LogP contribution in [-0.2, 0) is 11.3 Å². The Kier molecular flexibility index (Phi) is 7.91. The number of nitrogens with one attached hydrogen (secondary N) is 1. The topological polar surface area (TPSA) is 78.9 Å². The molecule has 0 radical (unpaired) electrons. The predicted molar refractivity (Wildman–Crippen MR) is 113 cm³/mol. The molecule has 0 saturated heterocycles. The van der Waals surface area contributed by atoms with E-state index in [1.165, 1.54) is 6.07 Å². The maximum atomic E-state index is 13.0. The minimum atomic E-state index is -0.492. The fraction of sp³-hybridized carbons (Fsp3) is 0.364. The van der Waals surface area contributed by atoms with Crippen LogP contribution < -0.4 is 5.32 Å². The molecule has 2 aromatic rings. The highest BCUT2D eigenvalue weighted by Crippen LogP contribution is 2.20. The molecule has 2 amide bonds. The third-order valence-electron chi connectivity index (χ3n) is 3.99. The van der Waals surface area contributed by atoms with Crippen molar-refractivity contribution in [3.63, 3.8) is 0 Å². The molecule has 0 aliphatic carbocycles. The van der Waals surface area contributed by atoms with Crippen molar-refractivity contribution in [1.82, 2.24) is 10.2 Å². The Labute approximate surface area is 176 Å². The first-order chi connectivity index (χ1) is 13.7. The first-order valence-corrected chi connectivity index (χ1v) is 9.80. The van der Waals surface area contributed by atoms with Crippen molar-refractivity contribution in [2.24, 2.45) is 0 Å². The third kappa shape index (κ3) is 7.66. The Morgan fingerprint density at radius 2 is 1.76 bits per heavy atom. The number of aromatic hydroxyl groups is 1. The molecule has 0 spiro atoms. The van der Waals surface area contributed by atoms with E-state index in [0.717, 1.165) is 5.56 Å². The molecule has 0 aliphatic heterocycles. The normalized spacial score (nSPS) is 11.0. The van der Waals surface area contributed by atoms with Gasteiger partial charge in [0.05, 0.1) is 12.2 Å². The highest BCUT2D eigenvalue weighted by Gasteiger charge is 2.19. The molecule has 2 rings (SSSR count). The summed E-state index contributed by atoms with van der Waals surface area (Å²) in [6.07, 6.45) is -0.0291. The minimum Gasteiger partial charge on any atom is -0.507 e. The van der Waals surface area contributed by atoms with Crippen molar-refractivity contribution < 1.29 is 19.4 Å². The van der Waals surface area contributed by atoms with Crippen LogP contribution in [-0.4, -0.2) is 40.7 Å². The van der Waals surface area contributed by atoms with Crippen molar-refractivity contribution >= 4 is 23.6 Å². The summed E-state index contributed by atoms with van der Waals surface area (Å²) in [5.74, 6) is -0.364. The van der Waals surface area contributed by atoms with E-state index in [9.17, 15) is 14.7 Å². The van der Waals surface area contributed by atoms with Crippen molar-refractivity contribution in [3.05, 3.63) is 64.7 Å². The summed E-state index contributed by atoms with van der Waals surface area (Å²) in [6.45, 7) is 6.48. The van der Waals surface area contributed by atoms with Gasteiger partial charge >= 0.3 is 6.09 Å². The number of ether oxygens (including phenoxy) is 1. The van der Waals surface area contributed by atoms with Crippen LogP contribution in [0.4, 0.5) is 4.79 Å². The van der Waals surface area contributed by atoms with Gasteiger partial charge in [-0.3, -0.25) is 4.79 Å². The molecule has 0 fully saturated rings. The van der Waals surface area contributed by atoms with E-state index in [0.29, 0.717) is 24.5 Å². The van der Waals surface area contributed by atoms with Crippen molar-refractivity contribution in [1.29, 1.82) is 0 Å². The zero-order valence-electron chi connectivity index (χ0n) is 16.9. The second-order valence-electron chi connectivity index (χ2n) is 7.73.